The Morgan fingerprint density at radius 2 is 0.774 bits per heavy atom. The Kier molecular flexibility index (Phi) is 55.5. The first kappa shape index (κ1) is 127. The number of aliphatic hydroxyl groups is 4. The lowest BCUT2D eigenvalue weighted by molar-refractivity contribution is -0.154. The summed E-state index contributed by atoms with van der Waals surface area (Å²) in [5, 5.41) is 57.9. The number of nitrogens with one attached hydrogen (secondary N) is 1. The number of terminal acetylenes is 1. The molecule has 0 aromatic carbocycles. The number of carboxylic acid groups (broad SMARTS) is 2. The molecule has 25 N–H and O–H groups in total. The number of aliphatic carboxylic acids is 2. The maximum atomic E-state index is 12.0. The Morgan fingerprint density at radius 1 is 0.445 bits per heavy atom. The van der Waals surface area contributed by atoms with E-state index in [9.17, 15) is 115 Å². The Balaban J connectivity index is 0.000000404. The van der Waals surface area contributed by atoms with Gasteiger partial charge >= 0.3 is 82.8 Å². The average Bonchev–Trinajstić information content (AvgIpc) is 1.62. The molecule has 0 bridgehead atoms. The van der Waals surface area contributed by atoms with Crippen LogP contribution in [0.3, 0.4) is 0 Å². The van der Waals surface area contributed by atoms with Crippen LogP contribution < -0.4 is 34.3 Å². The molecule has 810 valence electrons. The zero-order valence-electron chi connectivity index (χ0n) is 77.8. The number of phosphoric acid groups is 6. The van der Waals surface area contributed by atoms with Gasteiger partial charge < -0.3 is 154 Å². The molecule has 69 heteroatoms. The first-order valence-corrected chi connectivity index (χ1v) is 51.4. The van der Waals surface area contributed by atoms with Gasteiger partial charge in [0.2, 0.25) is 5.91 Å². The van der Waals surface area contributed by atoms with Gasteiger partial charge in [0.1, 0.15) is 130 Å². The van der Waals surface area contributed by atoms with Crippen molar-refractivity contribution in [3.05, 3.63) is 54.3 Å². The molecule has 3 fully saturated rings. The number of ether oxygens (including phenoxy) is 10. The fraction of sp³-hybridized carbons (Fsp3) is 0.532. The van der Waals surface area contributed by atoms with E-state index in [4.69, 9.17) is 97.0 Å². The number of amides is 1. The number of nitrogen functional groups attached to an aromatic ring is 3. The number of hydrogen-bond acceptors (Lipinski definition) is 49. The van der Waals surface area contributed by atoms with E-state index in [1.165, 1.54) is 40.5 Å². The molecule has 1 amide bonds. The van der Waals surface area contributed by atoms with Crippen molar-refractivity contribution in [3.8, 4) is 47.9 Å². The minimum Gasteiger partial charge on any atom is -0.481 e. The average molecular weight is 2200 g/mol. The molecular formula is C77H109N15O48P6. The van der Waals surface area contributed by atoms with Crippen LogP contribution in [0.15, 0.2) is 37.6 Å². The summed E-state index contributed by atoms with van der Waals surface area (Å²) < 4.78 is 147. The van der Waals surface area contributed by atoms with Crippen LogP contribution in [0.25, 0.3) is 33.1 Å². The van der Waals surface area contributed by atoms with Crippen molar-refractivity contribution in [1.29, 1.82) is 0 Å². The number of anilines is 3. The van der Waals surface area contributed by atoms with Crippen LogP contribution >= 0.6 is 46.9 Å². The van der Waals surface area contributed by atoms with Gasteiger partial charge in [-0.25, -0.2) is 92.6 Å². The number of fused-ring (bicyclic) bond motifs is 3. The van der Waals surface area contributed by atoms with Crippen LogP contribution in [-0.4, -0.2) is 315 Å². The fourth-order valence-corrected chi connectivity index (χ4v) is 17.9. The molecule has 0 saturated carbocycles. The molecule has 6 aromatic rings. The number of Topliss-reactive ketones (excluding diaryl/α,β-unsaturated/α-hetero) is 3. The van der Waals surface area contributed by atoms with Gasteiger partial charge in [0.05, 0.1) is 104 Å². The van der Waals surface area contributed by atoms with Gasteiger partial charge in [0.15, 0.2) is 30.6 Å². The summed E-state index contributed by atoms with van der Waals surface area (Å²) in [6, 6.07) is 0. The number of aliphatic hydroxyl groups excluding tert-OH is 4. The molecule has 0 spiro atoms. The normalized spacial score (nSPS) is 18.8. The second kappa shape index (κ2) is 63.7. The third-order valence-corrected chi connectivity index (χ3v) is 25.2. The number of carbonyl (C=O) groups is 10. The first-order valence-electron chi connectivity index (χ1n) is 42.4. The zero-order chi connectivity index (χ0) is 109. The summed E-state index contributed by atoms with van der Waals surface area (Å²) in [6.07, 6.45) is 5.67. The van der Waals surface area contributed by atoms with E-state index in [0.717, 1.165) is 0 Å². The van der Waals surface area contributed by atoms with Crippen molar-refractivity contribution in [2.45, 2.75) is 160 Å². The number of esters is 4. The van der Waals surface area contributed by atoms with E-state index >= 15 is 0 Å². The highest BCUT2D eigenvalue weighted by Gasteiger charge is 2.46. The topological polar surface area (TPSA) is 957 Å². The zero-order valence-corrected chi connectivity index (χ0v) is 83.1. The molecular weight excluding hydrogens is 2090 g/mol. The number of ketones is 3. The number of hydroxylamine groups is 1. The minimum absolute atomic E-state index is 0.00749. The molecule has 146 heavy (non-hydrogen) atoms. The highest BCUT2D eigenvalue weighted by atomic mass is 31.3. The second-order valence-corrected chi connectivity index (χ2v) is 37.7. The summed E-state index contributed by atoms with van der Waals surface area (Å²) in [5.74, 6) is 19.2. The molecule has 3 aliphatic rings. The van der Waals surface area contributed by atoms with Crippen LogP contribution in [-0.2, 0) is 159 Å². The van der Waals surface area contributed by atoms with Gasteiger partial charge in [-0.1, -0.05) is 35.5 Å². The molecule has 9 heterocycles. The van der Waals surface area contributed by atoms with E-state index in [1.54, 1.807) is 38.5 Å². The number of rotatable bonds is 49. The van der Waals surface area contributed by atoms with E-state index in [-0.39, 0.29) is 202 Å². The summed E-state index contributed by atoms with van der Waals surface area (Å²) >= 11 is 0. The van der Waals surface area contributed by atoms with Crippen molar-refractivity contribution in [3.63, 3.8) is 0 Å². The van der Waals surface area contributed by atoms with E-state index in [0.29, 0.717) is 51.5 Å². The monoisotopic (exact) mass is 2200 g/mol. The summed E-state index contributed by atoms with van der Waals surface area (Å²) in [6.45, 7) is 3.51. The number of hydrogen-bond donors (Lipinski definition) is 20. The molecule has 13 unspecified atom stereocenters. The lowest BCUT2D eigenvalue weighted by Gasteiger charge is -2.19. The smallest absolute Gasteiger partial charge is 0.481 e. The Morgan fingerprint density at radius 3 is 1.07 bits per heavy atom. The largest absolute Gasteiger partial charge is 0.490 e. The van der Waals surface area contributed by atoms with Gasteiger partial charge in [0, 0.05) is 95.8 Å². The SMILES string of the molecule is C#CCCC(=O)NOCC(=O)OCC.CCOC(=O)COCC(=O)CCC#Cc1cn(C2CC(O)C(CO)O2)c2ncnc(N)c12.CCOC(=O)COCC(=O)CCC#Cc1cn(C2CC(O)C(COP(=O)(O)OP(=O)(O)OP(=O)(O)O)O2)c2ncnc(N)c12.CCOC(=O)CON.NCCC(=O)O.Nc1ncnc2c1c(C#CCCC(=O)COCC(=O)O)cn2C1CC(O)C(COP(=O)(O)OP(=O)(O)OP(=O)(O)O)O1. The molecule has 0 aliphatic carbocycles. The van der Waals surface area contributed by atoms with Crippen LogP contribution in [0.1, 0.15) is 140 Å². The molecule has 9 rings (SSSR count). The van der Waals surface area contributed by atoms with Gasteiger partial charge in [-0.05, 0) is 27.7 Å². The van der Waals surface area contributed by atoms with Crippen LogP contribution in [0.4, 0.5) is 17.5 Å². The molecule has 3 saturated heterocycles. The van der Waals surface area contributed by atoms with Crippen LogP contribution in [0, 0.1) is 47.9 Å². The molecule has 6 aromatic heterocycles. The lowest BCUT2D eigenvalue weighted by atomic mass is 10.2. The standard InChI is InChI=1S/C21H29N4O16P3.C21H26N4O7.C19H25N4O16P3.C9H13NO4.C4H9NO3.C3H7NO2/c1-2-37-18(28)11-36-9-14(26)6-4-3-5-13-8-25(21-19(13)20(22)23-12-24-21)17-7-15(27)16(39-17)10-38-43(32,33)41-44(34,35)40-42(29,30)31;1-2-31-18(29)11-30-10-14(27)6-4-3-5-13-8-25(17-7-15(28)16(9-26)32-17)21-19(13)20(22)23-12-24-21;20-18-17-11(3-1-2-4-12(24)7-35-9-16(26)27)6-23(19(17)22-10-21-18)15-5-13(25)14(37-15)8-36-41(31,32)39-42(33,34)38-40(28,29)30;1-3-5-6-8(11)10-14-7-9(12)13-4-2;1-2-7-4(6)3-8-5;4-2-1-3(5)6/h8,12,15-17,27H,2,4,6-7,9-11H2,1H3,(H,32,33)(H,34,35)(H2,22,23,24)(H2,29,30,31);8,12,15-17,26,28H,2,4,6-7,9-11H2,1H3,(H2,22,23,24);6,10,13-15,25H,2,4-5,7-9H2,(H,26,27)(H,31,32)(H,33,34)(H2,20,21,22)(H2,28,29,30);1H,4-7H2,2H3,(H,10,11);2-3,5H2,1H3;1-2,4H2,(H,5,6). The van der Waals surface area contributed by atoms with Gasteiger partial charge in [0.25, 0.3) is 0 Å². The molecule has 63 nitrogen and oxygen atoms in total. The predicted octanol–water partition coefficient (Wildman–Crippen LogP) is -1.10. The minimum atomic E-state index is -5.72. The summed E-state index contributed by atoms with van der Waals surface area (Å²) in [4.78, 5) is 215. The third-order valence-electron chi connectivity index (χ3n) is 17.6. The second-order valence-electron chi connectivity index (χ2n) is 28.9. The quantitative estimate of drug-likeness (QED) is 0.00708. The Labute approximate surface area is 827 Å². The number of aromatic nitrogens is 9. The van der Waals surface area contributed by atoms with Crippen LogP contribution in [0.5, 0.6) is 0 Å². The Hall–Kier alpha value is -10.9. The van der Waals surface area contributed by atoms with E-state index in [1.807, 2.05) is 0 Å². The molecule has 13 atom stereocenters. The van der Waals surface area contributed by atoms with Crippen LogP contribution in [0.2, 0.25) is 0 Å². The molecule has 3 aliphatic heterocycles. The van der Waals surface area contributed by atoms with Gasteiger partial charge in [-0.15, -0.1) is 12.3 Å². The number of carboxylic acids is 2. The highest BCUT2D eigenvalue weighted by Crippen LogP contribution is 2.68. The highest BCUT2D eigenvalue weighted by molar-refractivity contribution is 7.67. The van der Waals surface area contributed by atoms with E-state index in [2.05, 4.69) is 128 Å². The van der Waals surface area contributed by atoms with Crippen molar-refractivity contribution in [2.24, 2.45) is 11.6 Å². The molecule has 0 radical (unpaired) electrons. The predicted molar refractivity (Wildman–Crippen MR) is 490 cm³/mol. The number of nitrogens with zero attached hydrogens (tertiary/aromatic N) is 9. The van der Waals surface area contributed by atoms with Crippen molar-refractivity contribution in [1.82, 2.24) is 49.1 Å². The third kappa shape index (κ3) is 47.9. The van der Waals surface area contributed by atoms with E-state index < -0.39 is 158 Å². The number of nitrogens with two attached hydrogens (primary N) is 5. The van der Waals surface area contributed by atoms with Gasteiger partial charge in [-0.2, -0.15) is 17.2 Å². The maximum absolute atomic E-state index is 12.0. The first-order chi connectivity index (χ1) is 68.7. The van der Waals surface area contributed by atoms with Gasteiger partial charge in [-0.3, -0.25) is 42.7 Å². The maximum Gasteiger partial charge on any atom is 0.490 e. The van der Waals surface area contributed by atoms with Crippen molar-refractivity contribution < 1.29 is 228 Å². The Bertz CT molecular complexity index is 5950. The fourth-order valence-electron chi connectivity index (χ4n) is 11.8. The number of phosphoric ester groups is 2. The summed E-state index contributed by atoms with van der Waals surface area (Å²) in [7, 11) is -33.5. The summed E-state index contributed by atoms with van der Waals surface area (Å²) in [5.41, 5.74) is 27.3. The number of carbonyl (C=O) groups excluding carboxylic acids is 8. The lowest BCUT2D eigenvalue weighted by Crippen LogP contribution is -2.27. The van der Waals surface area contributed by atoms with Crippen molar-refractivity contribution >= 4 is 157 Å². The van der Waals surface area contributed by atoms with Crippen molar-refractivity contribution in [2.75, 3.05) is 123 Å².